The molecule has 2 N–H and O–H groups in total. The standard InChI is InChI=1S/C25H34O3S/c1-7-24(28,8-2)14-13-19-11-12-20(15-17(19)5)25(9-3,10-4)21-16-18(6)22(29-21)23(26)27/h7,11-12,15-16,28H,1,8-10,13-14H2,2-6H3,(H,26,27). The van der Waals surface area contributed by atoms with Gasteiger partial charge in [-0.1, -0.05) is 45.0 Å². The van der Waals surface area contributed by atoms with E-state index in [4.69, 9.17) is 0 Å². The molecule has 4 heteroatoms. The molecule has 1 unspecified atom stereocenters. The smallest absolute Gasteiger partial charge is 0.346 e. The molecular weight excluding hydrogens is 380 g/mol. The highest BCUT2D eigenvalue weighted by Crippen LogP contribution is 2.43. The molecule has 0 amide bonds. The predicted molar refractivity (Wildman–Crippen MR) is 122 cm³/mol. The summed E-state index contributed by atoms with van der Waals surface area (Å²) >= 11 is 1.40. The highest BCUT2D eigenvalue weighted by molar-refractivity contribution is 7.14. The van der Waals surface area contributed by atoms with Crippen molar-refractivity contribution in [3.63, 3.8) is 0 Å². The molecule has 1 aromatic carbocycles. The van der Waals surface area contributed by atoms with Crippen LogP contribution in [0.3, 0.4) is 0 Å². The first-order valence-electron chi connectivity index (χ1n) is 10.5. The van der Waals surface area contributed by atoms with E-state index in [9.17, 15) is 15.0 Å². The van der Waals surface area contributed by atoms with Gasteiger partial charge in [-0.3, -0.25) is 0 Å². The Labute approximate surface area is 179 Å². The van der Waals surface area contributed by atoms with E-state index in [0.717, 1.165) is 29.7 Å². The Morgan fingerprint density at radius 3 is 2.21 bits per heavy atom. The third kappa shape index (κ3) is 4.65. The minimum absolute atomic E-state index is 0.183. The summed E-state index contributed by atoms with van der Waals surface area (Å²) in [4.78, 5) is 13.1. The summed E-state index contributed by atoms with van der Waals surface area (Å²) < 4.78 is 0. The minimum Gasteiger partial charge on any atom is -0.477 e. The van der Waals surface area contributed by atoms with Crippen LogP contribution in [0.25, 0.3) is 0 Å². The molecule has 1 heterocycles. The van der Waals surface area contributed by atoms with Gasteiger partial charge >= 0.3 is 5.97 Å². The van der Waals surface area contributed by atoms with Crippen LogP contribution >= 0.6 is 11.3 Å². The van der Waals surface area contributed by atoms with Gasteiger partial charge < -0.3 is 10.2 Å². The lowest BCUT2D eigenvalue weighted by Gasteiger charge is -2.32. The van der Waals surface area contributed by atoms with E-state index in [2.05, 4.69) is 51.6 Å². The van der Waals surface area contributed by atoms with Crippen molar-refractivity contribution in [3.05, 3.63) is 68.9 Å². The van der Waals surface area contributed by atoms with Gasteiger partial charge in [-0.05, 0) is 74.3 Å². The van der Waals surface area contributed by atoms with Crippen LogP contribution in [0.2, 0.25) is 0 Å². The van der Waals surface area contributed by atoms with Crippen LogP contribution in [0.15, 0.2) is 36.9 Å². The molecule has 0 aliphatic carbocycles. The SMILES string of the molecule is C=CC(O)(CC)CCc1ccc(C(CC)(CC)c2cc(C)c(C(=O)O)s2)cc1C. The van der Waals surface area contributed by atoms with E-state index in [1.54, 1.807) is 6.08 Å². The monoisotopic (exact) mass is 414 g/mol. The summed E-state index contributed by atoms with van der Waals surface area (Å²) in [7, 11) is 0. The molecule has 0 fully saturated rings. The van der Waals surface area contributed by atoms with Crippen molar-refractivity contribution >= 4 is 17.3 Å². The molecule has 0 bridgehead atoms. The molecule has 0 saturated carbocycles. The average Bonchev–Trinajstić information content (AvgIpc) is 3.10. The van der Waals surface area contributed by atoms with E-state index >= 15 is 0 Å². The van der Waals surface area contributed by atoms with Crippen LogP contribution in [-0.2, 0) is 11.8 Å². The topological polar surface area (TPSA) is 57.5 Å². The Hall–Kier alpha value is -1.91. The van der Waals surface area contributed by atoms with Crippen LogP contribution in [0, 0.1) is 13.8 Å². The molecule has 2 aromatic rings. The Morgan fingerprint density at radius 2 is 1.76 bits per heavy atom. The zero-order chi connectivity index (χ0) is 21.8. The highest BCUT2D eigenvalue weighted by Gasteiger charge is 2.34. The normalized spacial score (nSPS) is 13.9. The number of thiophene rings is 1. The number of aromatic carboxylic acids is 1. The number of aryl methyl sites for hydroxylation is 3. The average molecular weight is 415 g/mol. The lowest BCUT2D eigenvalue weighted by molar-refractivity contribution is 0.0701. The zero-order valence-corrected chi connectivity index (χ0v) is 19.2. The lowest BCUT2D eigenvalue weighted by atomic mass is 9.73. The Balaban J connectivity index is 2.42. The number of aliphatic hydroxyl groups is 1. The molecule has 158 valence electrons. The quantitative estimate of drug-likeness (QED) is 0.441. The molecule has 0 radical (unpaired) electrons. The number of carboxylic acid groups (broad SMARTS) is 1. The number of carboxylic acids is 1. The van der Waals surface area contributed by atoms with Gasteiger partial charge in [0.05, 0.1) is 5.60 Å². The fourth-order valence-corrected chi connectivity index (χ4v) is 5.49. The van der Waals surface area contributed by atoms with Crippen LogP contribution in [0.1, 0.15) is 83.3 Å². The van der Waals surface area contributed by atoms with Crippen LogP contribution in [0.4, 0.5) is 0 Å². The molecule has 1 aromatic heterocycles. The number of hydrogen-bond acceptors (Lipinski definition) is 3. The fraction of sp³-hybridized carbons (Fsp3) is 0.480. The second kappa shape index (κ2) is 9.27. The summed E-state index contributed by atoms with van der Waals surface area (Å²) in [6.07, 6.45) is 5.59. The first kappa shape index (κ1) is 23.4. The summed E-state index contributed by atoms with van der Waals surface area (Å²) in [6, 6.07) is 8.65. The summed E-state index contributed by atoms with van der Waals surface area (Å²) in [5.74, 6) is -0.850. The van der Waals surface area contributed by atoms with Gasteiger partial charge in [0, 0.05) is 10.3 Å². The molecular formula is C25H34O3S. The van der Waals surface area contributed by atoms with Gasteiger partial charge in [0.15, 0.2) is 0 Å². The Kier molecular flexibility index (Phi) is 7.47. The first-order chi connectivity index (χ1) is 13.7. The maximum atomic E-state index is 11.6. The van der Waals surface area contributed by atoms with Gasteiger partial charge in [0.25, 0.3) is 0 Å². The van der Waals surface area contributed by atoms with Crippen LogP contribution in [0.5, 0.6) is 0 Å². The molecule has 29 heavy (non-hydrogen) atoms. The highest BCUT2D eigenvalue weighted by atomic mass is 32.1. The van der Waals surface area contributed by atoms with Gasteiger partial charge in [-0.15, -0.1) is 17.9 Å². The Bertz CT molecular complexity index is 876. The van der Waals surface area contributed by atoms with Crippen molar-refractivity contribution in [2.24, 2.45) is 0 Å². The van der Waals surface area contributed by atoms with Crippen molar-refractivity contribution < 1.29 is 15.0 Å². The first-order valence-corrected chi connectivity index (χ1v) is 11.3. The van der Waals surface area contributed by atoms with E-state index in [1.165, 1.54) is 28.0 Å². The van der Waals surface area contributed by atoms with E-state index in [1.807, 2.05) is 13.8 Å². The maximum absolute atomic E-state index is 11.6. The molecule has 0 saturated heterocycles. The minimum atomic E-state index is -0.850. The second-order valence-electron chi connectivity index (χ2n) is 8.02. The number of carbonyl (C=O) groups is 1. The second-order valence-corrected chi connectivity index (χ2v) is 9.07. The largest absolute Gasteiger partial charge is 0.477 e. The van der Waals surface area contributed by atoms with Crippen molar-refractivity contribution in [1.82, 2.24) is 0 Å². The van der Waals surface area contributed by atoms with E-state index in [-0.39, 0.29) is 5.41 Å². The van der Waals surface area contributed by atoms with Crippen molar-refractivity contribution in [2.45, 2.75) is 77.7 Å². The predicted octanol–water partition coefficient (Wildman–Crippen LogP) is 6.43. The van der Waals surface area contributed by atoms with Crippen molar-refractivity contribution in [2.75, 3.05) is 0 Å². The van der Waals surface area contributed by atoms with Gasteiger partial charge in [-0.2, -0.15) is 0 Å². The molecule has 3 nitrogen and oxygen atoms in total. The molecule has 1 atom stereocenters. The van der Waals surface area contributed by atoms with Crippen LogP contribution < -0.4 is 0 Å². The number of benzene rings is 1. The van der Waals surface area contributed by atoms with Crippen LogP contribution in [-0.4, -0.2) is 21.8 Å². The van der Waals surface area contributed by atoms with Crippen molar-refractivity contribution in [1.29, 1.82) is 0 Å². The molecule has 0 spiro atoms. The van der Waals surface area contributed by atoms with Gasteiger partial charge in [0.1, 0.15) is 4.88 Å². The Morgan fingerprint density at radius 1 is 1.10 bits per heavy atom. The van der Waals surface area contributed by atoms with E-state index < -0.39 is 11.6 Å². The number of rotatable bonds is 10. The molecule has 0 aliphatic rings. The maximum Gasteiger partial charge on any atom is 0.346 e. The lowest BCUT2D eigenvalue weighted by Crippen LogP contribution is -2.26. The third-order valence-corrected chi connectivity index (χ3v) is 7.93. The molecule has 0 aliphatic heterocycles. The van der Waals surface area contributed by atoms with Gasteiger partial charge in [0.2, 0.25) is 0 Å². The number of hydrogen-bond donors (Lipinski definition) is 2. The summed E-state index contributed by atoms with van der Waals surface area (Å²) in [6.45, 7) is 14.1. The summed E-state index contributed by atoms with van der Waals surface area (Å²) in [5, 5.41) is 20.0. The zero-order valence-electron chi connectivity index (χ0n) is 18.3. The fourth-order valence-electron chi connectivity index (χ4n) is 4.13. The summed E-state index contributed by atoms with van der Waals surface area (Å²) in [5.41, 5.74) is 3.51. The van der Waals surface area contributed by atoms with Crippen molar-refractivity contribution in [3.8, 4) is 0 Å². The molecule has 2 rings (SSSR count). The third-order valence-electron chi connectivity index (χ3n) is 6.51. The van der Waals surface area contributed by atoms with E-state index in [0.29, 0.717) is 17.7 Å². The van der Waals surface area contributed by atoms with Gasteiger partial charge in [-0.25, -0.2) is 4.79 Å².